The van der Waals surface area contributed by atoms with E-state index in [4.69, 9.17) is 0 Å². The number of halogens is 1. The molecule has 0 unspecified atom stereocenters. The summed E-state index contributed by atoms with van der Waals surface area (Å²) in [6.45, 7) is 11.0. The fraction of sp³-hybridized carbons (Fsp3) is 0.200. The van der Waals surface area contributed by atoms with Gasteiger partial charge in [0.25, 0.3) is 0 Å². The third-order valence-corrected chi connectivity index (χ3v) is 1.79. The molecule has 2 heteroatoms. The van der Waals surface area contributed by atoms with E-state index >= 15 is 0 Å². The first-order valence-electron chi connectivity index (χ1n) is 3.58. The van der Waals surface area contributed by atoms with Crippen molar-refractivity contribution in [1.29, 1.82) is 0 Å². The van der Waals surface area contributed by atoms with Gasteiger partial charge in [0, 0.05) is 4.91 Å². The summed E-state index contributed by atoms with van der Waals surface area (Å²) in [6, 6.07) is 0. The number of allylic oxidation sites excluding steroid dienone is 5. The van der Waals surface area contributed by atoms with Crippen molar-refractivity contribution in [1.82, 2.24) is 0 Å². The van der Waals surface area contributed by atoms with Crippen molar-refractivity contribution in [3.05, 3.63) is 47.4 Å². The zero-order valence-electron chi connectivity index (χ0n) is 7.43. The second-order valence-electron chi connectivity index (χ2n) is 2.53. The molecular formula is C10H13FS. The van der Waals surface area contributed by atoms with Crippen molar-refractivity contribution in [2.45, 2.75) is 13.8 Å². The summed E-state index contributed by atoms with van der Waals surface area (Å²) in [4.78, 5) is 0.506. The van der Waals surface area contributed by atoms with Gasteiger partial charge in [-0.2, -0.15) is 3.89 Å². The molecule has 0 radical (unpaired) electrons. The Balaban J connectivity index is 4.95. The molecule has 0 rings (SSSR count). The summed E-state index contributed by atoms with van der Waals surface area (Å²) in [7, 11) is 0. The molecule has 12 heavy (non-hydrogen) atoms. The van der Waals surface area contributed by atoms with Crippen molar-refractivity contribution in [2.24, 2.45) is 0 Å². The number of rotatable bonds is 4. The molecule has 0 aromatic carbocycles. The van der Waals surface area contributed by atoms with E-state index in [0.29, 0.717) is 4.91 Å². The van der Waals surface area contributed by atoms with Gasteiger partial charge in [-0.3, -0.25) is 0 Å². The number of hydrogen-bond acceptors (Lipinski definition) is 1. The van der Waals surface area contributed by atoms with Gasteiger partial charge in [-0.15, -0.1) is 0 Å². The van der Waals surface area contributed by atoms with Gasteiger partial charge in [0.15, 0.2) is 0 Å². The van der Waals surface area contributed by atoms with Crippen LogP contribution in [0, 0.1) is 0 Å². The maximum atomic E-state index is 12.3. The molecule has 0 bridgehead atoms. The highest BCUT2D eigenvalue weighted by molar-refractivity contribution is 7.98. The Labute approximate surface area is 77.8 Å². The molecule has 0 aromatic heterocycles. The lowest BCUT2D eigenvalue weighted by Gasteiger charge is -1.99. The Hall–Kier alpha value is -0.760. The molecule has 0 aromatic rings. The molecule has 0 saturated heterocycles. The highest BCUT2D eigenvalue weighted by Gasteiger charge is 1.97. The van der Waals surface area contributed by atoms with E-state index in [2.05, 4.69) is 13.2 Å². The van der Waals surface area contributed by atoms with Crippen molar-refractivity contribution in [3.8, 4) is 0 Å². The molecule has 0 spiro atoms. The maximum Gasteiger partial charge on any atom is 0.0818 e. The predicted molar refractivity (Wildman–Crippen MR) is 55.6 cm³/mol. The lowest BCUT2D eigenvalue weighted by molar-refractivity contribution is 0.944. The quantitative estimate of drug-likeness (QED) is 0.590. The van der Waals surface area contributed by atoms with Crippen molar-refractivity contribution < 1.29 is 3.89 Å². The Morgan fingerprint density at radius 1 is 1.25 bits per heavy atom. The Morgan fingerprint density at radius 3 is 2.08 bits per heavy atom. The van der Waals surface area contributed by atoms with Crippen LogP contribution < -0.4 is 0 Å². The Morgan fingerprint density at radius 2 is 1.83 bits per heavy atom. The zero-order chi connectivity index (χ0) is 9.56. The van der Waals surface area contributed by atoms with E-state index in [9.17, 15) is 3.89 Å². The van der Waals surface area contributed by atoms with E-state index in [-0.39, 0.29) is 12.1 Å². The van der Waals surface area contributed by atoms with Gasteiger partial charge < -0.3 is 0 Å². The molecule has 0 N–H and O–H groups in total. The van der Waals surface area contributed by atoms with Crippen LogP contribution in [0.3, 0.4) is 0 Å². The van der Waals surface area contributed by atoms with Crippen molar-refractivity contribution in [2.75, 3.05) is 0 Å². The third kappa shape index (κ3) is 3.58. The normalized spacial score (nSPS) is 11.6. The zero-order valence-corrected chi connectivity index (χ0v) is 8.25. The Bertz CT molecular complexity index is 232. The highest BCUT2D eigenvalue weighted by atomic mass is 32.2. The average molecular weight is 184 g/mol. The fourth-order valence-electron chi connectivity index (χ4n) is 0.736. The van der Waals surface area contributed by atoms with E-state index in [0.717, 1.165) is 11.1 Å². The van der Waals surface area contributed by atoms with E-state index in [1.54, 1.807) is 6.08 Å². The summed E-state index contributed by atoms with van der Waals surface area (Å²) in [6.07, 6.45) is 4.98. The maximum absolute atomic E-state index is 12.3. The lowest BCUT2D eigenvalue weighted by atomic mass is 10.1. The predicted octanol–water partition coefficient (Wildman–Crippen LogP) is 4.20. The summed E-state index contributed by atoms with van der Waals surface area (Å²) in [5.74, 6) is 0. The second-order valence-corrected chi connectivity index (χ2v) is 3.12. The van der Waals surface area contributed by atoms with Crippen LogP contribution in [0.5, 0.6) is 0 Å². The molecule has 0 amide bonds. The second kappa shape index (κ2) is 5.84. The van der Waals surface area contributed by atoms with Gasteiger partial charge in [-0.25, -0.2) is 0 Å². The molecule has 0 fully saturated rings. The van der Waals surface area contributed by atoms with Crippen LogP contribution in [0.15, 0.2) is 47.4 Å². The monoisotopic (exact) mass is 184 g/mol. The van der Waals surface area contributed by atoms with Gasteiger partial charge in [-0.05, 0) is 19.4 Å². The van der Waals surface area contributed by atoms with Gasteiger partial charge in [0.1, 0.15) is 0 Å². The summed E-state index contributed by atoms with van der Waals surface area (Å²) in [5.41, 5.74) is 1.89. The molecule has 0 aliphatic heterocycles. The largest absolute Gasteiger partial charge is 0.160 e. The van der Waals surface area contributed by atoms with E-state index in [1.165, 1.54) is 6.08 Å². The minimum Gasteiger partial charge on any atom is -0.160 e. The molecule has 0 heterocycles. The molecule has 0 nitrogen and oxygen atoms in total. The van der Waals surface area contributed by atoms with Crippen LogP contribution >= 0.6 is 12.1 Å². The van der Waals surface area contributed by atoms with Crippen molar-refractivity contribution in [3.63, 3.8) is 0 Å². The molecular weight excluding hydrogens is 171 g/mol. The first-order chi connectivity index (χ1) is 5.65. The van der Waals surface area contributed by atoms with Gasteiger partial charge in [0.05, 0.1) is 12.1 Å². The Kier molecular flexibility index (Phi) is 5.47. The van der Waals surface area contributed by atoms with Crippen LogP contribution in [0.2, 0.25) is 0 Å². The summed E-state index contributed by atoms with van der Waals surface area (Å²) < 4.78 is 12.3. The SMILES string of the molecule is C=C/C(C=C(C)C)=C(/C=C)SF. The van der Waals surface area contributed by atoms with Crippen LogP contribution in [-0.2, 0) is 0 Å². The first kappa shape index (κ1) is 11.2. The van der Waals surface area contributed by atoms with Gasteiger partial charge in [0.2, 0.25) is 0 Å². The molecule has 0 atom stereocenters. The van der Waals surface area contributed by atoms with Crippen LogP contribution in [0.4, 0.5) is 3.89 Å². The lowest BCUT2D eigenvalue weighted by Crippen LogP contribution is -1.78. The molecule has 0 aliphatic rings. The van der Waals surface area contributed by atoms with Crippen molar-refractivity contribution >= 4 is 12.1 Å². The molecule has 0 aliphatic carbocycles. The number of hydrogen-bond donors (Lipinski definition) is 0. The smallest absolute Gasteiger partial charge is 0.0818 e. The van der Waals surface area contributed by atoms with E-state index in [1.807, 2.05) is 19.9 Å². The average Bonchev–Trinajstić information content (AvgIpc) is 2.04. The minimum atomic E-state index is 0.190. The van der Waals surface area contributed by atoms with E-state index < -0.39 is 0 Å². The highest BCUT2D eigenvalue weighted by Crippen LogP contribution is 2.23. The standard InChI is InChI=1S/C10H13FS/c1-5-9(7-8(3)4)10(6-2)12-11/h5-7H,1-2H2,3-4H3/b10-9+. The van der Waals surface area contributed by atoms with Gasteiger partial charge in [-0.1, -0.05) is 37.0 Å². The van der Waals surface area contributed by atoms with Crippen LogP contribution in [-0.4, -0.2) is 0 Å². The molecule has 0 saturated carbocycles. The fourth-order valence-corrected chi connectivity index (χ4v) is 1.03. The topological polar surface area (TPSA) is 0 Å². The molecule has 66 valence electrons. The van der Waals surface area contributed by atoms with Crippen LogP contribution in [0.1, 0.15) is 13.8 Å². The summed E-state index contributed by atoms with van der Waals surface area (Å²) >= 11 is 0.190. The first-order valence-corrected chi connectivity index (χ1v) is 4.30. The third-order valence-electron chi connectivity index (χ3n) is 1.22. The van der Waals surface area contributed by atoms with Crippen LogP contribution in [0.25, 0.3) is 0 Å². The summed E-state index contributed by atoms with van der Waals surface area (Å²) in [5, 5.41) is 0. The minimum absolute atomic E-state index is 0.190. The van der Waals surface area contributed by atoms with Gasteiger partial charge >= 0.3 is 0 Å².